The van der Waals surface area contributed by atoms with Crippen LogP contribution in [0.5, 0.6) is 0 Å². The van der Waals surface area contributed by atoms with Gasteiger partial charge < -0.3 is 5.32 Å². The Labute approximate surface area is 152 Å². The van der Waals surface area contributed by atoms with Gasteiger partial charge in [-0.1, -0.05) is 19.9 Å². The Balaban J connectivity index is 1.98. The van der Waals surface area contributed by atoms with Crippen LogP contribution in [-0.2, 0) is 6.18 Å². The van der Waals surface area contributed by atoms with E-state index in [1.54, 1.807) is 6.07 Å². The molecule has 1 unspecified atom stereocenters. The maximum Gasteiger partial charge on any atom is 0.416 e. The van der Waals surface area contributed by atoms with Crippen LogP contribution < -0.4 is 5.32 Å². The Bertz CT molecular complexity index is 772. The number of alkyl halides is 3. The second-order valence-corrected chi connectivity index (χ2v) is 7.69. The standard InChI is InChI=1S/C20H26F3N3/c1-12(2)19(26-11-13(3)24-10-14(26)4)18-7-5-15-9-16(20(21,22)23)6-8-17(15)25-18/h5-9,12-14,19,24H,10-11H2,1-4H3/t13-,14+,19?/m0/s1. The molecular weight excluding hydrogens is 339 g/mol. The Morgan fingerprint density at radius 1 is 1.15 bits per heavy atom. The second-order valence-electron chi connectivity index (χ2n) is 7.69. The van der Waals surface area contributed by atoms with Gasteiger partial charge in [0.05, 0.1) is 22.8 Å². The molecule has 2 aromatic rings. The second kappa shape index (κ2) is 7.16. The summed E-state index contributed by atoms with van der Waals surface area (Å²) in [6, 6.07) is 8.33. The summed E-state index contributed by atoms with van der Waals surface area (Å²) in [5.41, 5.74) is 0.898. The third kappa shape index (κ3) is 3.86. The number of benzene rings is 1. The highest BCUT2D eigenvalue weighted by Gasteiger charge is 2.33. The molecule has 142 valence electrons. The van der Waals surface area contributed by atoms with E-state index >= 15 is 0 Å². The highest BCUT2D eigenvalue weighted by Crippen LogP contribution is 2.34. The van der Waals surface area contributed by atoms with E-state index in [0.717, 1.165) is 24.8 Å². The molecule has 3 rings (SSSR count). The predicted molar refractivity (Wildman–Crippen MR) is 98.0 cm³/mol. The number of aromatic nitrogens is 1. The van der Waals surface area contributed by atoms with E-state index in [0.29, 0.717) is 28.9 Å². The monoisotopic (exact) mass is 365 g/mol. The van der Waals surface area contributed by atoms with Crippen LogP contribution in [0.4, 0.5) is 13.2 Å². The van der Waals surface area contributed by atoms with Crippen molar-refractivity contribution >= 4 is 10.9 Å². The maximum atomic E-state index is 12.9. The quantitative estimate of drug-likeness (QED) is 0.859. The van der Waals surface area contributed by atoms with Crippen molar-refractivity contribution < 1.29 is 13.2 Å². The SMILES string of the molecule is CC(C)C(c1ccc2cc(C(F)(F)F)ccc2n1)N1C[C@H](C)NC[C@H]1C. The first-order chi connectivity index (χ1) is 12.2. The molecule has 2 heterocycles. The third-order valence-electron chi connectivity index (χ3n) is 5.14. The van der Waals surface area contributed by atoms with E-state index in [9.17, 15) is 13.2 Å². The molecule has 1 fully saturated rings. The van der Waals surface area contributed by atoms with Gasteiger partial charge in [0.15, 0.2) is 0 Å². The Hall–Kier alpha value is -1.66. The van der Waals surface area contributed by atoms with Crippen molar-refractivity contribution in [3.63, 3.8) is 0 Å². The first-order valence-corrected chi connectivity index (χ1v) is 9.14. The predicted octanol–water partition coefficient (Wildman–Crippen LogP) is 4.63. The van der Waals surface area contributed by atoms with Gasteiger partial charge in [0, 0.05) is 30.6 Å². The van der Waals surface area contributed by atoms with Gasteiger partial charge in [-0.2, -0.15) is 13.2 Å². The van der Waals surface area contributed by atoms with E-state index in [1.807, 2.05) is 6.07 Å². The van der Waals surface area contributed by atoms with Gasteiger partial charge in [-0.15, -0.1) is 0 Å². The molecule has 1 aliphatic heterocycles. The van der Waals surface area contributed by atoms with Gasteiger partial charge >= 0.3 is 6.18 Å². The minimum absolute atomic E-state index is 0.140. The summed E-state index contributed by atoms with van der Waals surface area (Å²) in [4.78, 5) is 7.19. The first-order valence-electron chi connectivity index (χ1n) is 9.14. The van der Waals surface area contributed by atoms with Gasteiger partial charge in [-0.05, 0) is 44.0 Å². The van der Waals surface area contributed by atoms with Gasteiger partial charge in [-0.25, -0.2) is 0 Å². The van der Waals surface area contributed by atoms with Gasteiger partial charge in [-0.3, -0.25) is 9.88 Å². The van der Waals surface area contributed by atoms with Gasteiger partial charge in [0.1, 0.15) is 0 Å². The number of fused-ring (bicyclic) bond motifs is 1. The van der Waals surface area contributed by atoms with Crippen LogP contribution in [0.15, 0.2) is 30.3 Å². The normalized spacial score (nSPS) is 23.5. The largest absolute Gasteiger partial charge is 0.416 e. The molecule has 0 aliphatic carbocycles. The third-order valence-corrected chi connectivity index (χ3v) is 5.14. The molecule has 0 bridgehead atoms. The number of pyridine rings is 1. The molecule has 6 heteroatoms. The van der Waals surface area contributed by atoms with Crippen molar-refractivity contribution in [1.29, 1.82) is 0 Å². The van der Waals surface area contributed by atoms with Crippen LogP contribution in [-0.4, -0.2) is 35.1 Å². The maximum absolute atomic E-state index is 12.9. The Morgan fingerprint density at radius 3 is 2.54 bits per heavy atom. The van der Waals surface area contributed by atoms with Crippen molar-refractivity contribution in [3.8, 4) is 0 Å². The number of nitrogens with zero attached hydrogens (tertiary/aromatic N) is 2. The van der Waals surface area contributed by atoms with Gasteiger partial charge in [0.2, 0.25) is 0 Å². The van der Waals surface area contributed by atoms with Crippen molar-refractivity contribution in [2.45, 2.75) is 52.0 Å². The number of halogens is 3. The molecule has 0 amide bonds. The molecule has 3 nitrogen and oxygen atoms in total. The summed E-state index contributed by atoms with van der Waals surface area (Å²) in [6.07, 6.45) is -4.33. The Morgan fingerprint density at radius 2 is 1.88 bits per heavy atom. The molecule has 1 N–H and O–H groups in total. The topological polar surface area (TPSA) is 28.2 Å². The molecule has 1 aliphatic rings. The molecule has 3 atom stereocenters. The molecule has 0 saturated carbocycles. The van der Waals surface area contributed by atoms with E-state index in [1.165, 1.54) is 12.1 Å². The fourth-order valence-corrected chi connectivity index (χ4v) is 3.81. The molecule has 1 saturated heterocycles. The number of hydrogen-bond donors (Lipinski definition) is 1. The molecule has 0 radical (unpaired) electrons. The highest BCUT2D eigenvalue weighted by atomic mass is 19.4. The average molecular weight is 365 g/mol. The first kappa shape index (κ1) is 19.1. The van der Waals surface area contributed by atoms with Gasteiger partial charge in [0.25, 0.3) is 0 Å². The van der Waals surface area contributed by atoms with Crippen molar-refractivity contribution in [1.82, 2.24) is 15.2 Å². The average Bonchev–Trinajstić information content (AvgIpc) is 2.56. The summed E-state index contributed by atoms with van der Waals surface area (Å²) in [5.74, 6) is 0.349. The number of nitrogens with one attached hydrogen (secondary N) is 1. The molecule has 1 aromatic carbocycles. The highest BCUT2D eigenvalue weighted by molar-refractivity contribution is 5.79. The van der Waals surface area contributed by atoms with Crippen molar-refractivity contribution in [2.24, 2.45) is 5.92 Å². The minimum Gasteiger partial charge on any atom is -0.311 e. The smallest absolute Gasteiger partial charge is 0.311 e. The lowest BCUT2D eigenvalue weighted by molar-refractivity contribution is -0.137. The summed E-state index contributed by atoms with van der Waals surface area (Å²) in [5, 5.41) is 4.01. The van der Waals surface area contributed by atoms with Crippen LogP contribution in [0.3, 0.4) is 0 Å². The van der Waals surface area contributed by atoms with Crippen LogP contribution in [0.2, 0.25) is 0 Å². The fraction of sp³-hybridized carbons (Fsp3) is 0.550. The summed E-state index contributed by atoms with van der Waals surface area (Å²) >= 11 is 0. The zero-order valence-corrected chi connectivity index (χ0v) is 15.6. The zero-order valence-electron chi connectivity index (χ0n) is 15.6. The lowest BCUT2D eigenvalue weighted by Gasteiger charge is -2.44. The van der Waals surface area contributed by atoms with E-state index < -0.39 is 11.7 Å². The molecule has 26 heavy (non-hydrogen) atoms. The molecular formula is C20H26F3N3. The number of rotatable bonds is 3. The van der Waals surface area contributed by atoms with E-state index in [-0.39, 0.29) is 6.04 Å². The Kier molecular flexibility index (Phi) is 5.26. The van der Waals surface area contributed by atoms with E-state index in [2.05, 4.69) is 37.9 Å². The van der Waals surface area contributed by atoms with Crippen LogP contribution >= 0.6 is 0 Å². The lowest BCUT2D eigenvalue weighted by Crippen LogP contribution is -2.56. The van der Waals surface area contributed by atoms with Crippen molar-refractivity contribution in [2.75, 3.05) is 13.1 Å². The van der Waals surface area contributed by atoms with Crippen LogP contribution in [0.1, 0.15) is 45.0 Å². The summed E-state index contributed by atoms with van der Waals surface area (Å²) < 4.78 is 38.8. The lowest BCUT2D eigenvalue weighted by atomic mass is 9.94. The zero-order chi connectivity index (χ0) is 19.1. The number of piperazine rings is 1. The number of hydrogen-bond acceptors (Lipinski definition) is 3. The fourth-order valence-electron chi connectivity index (χ4n) is 3.81. The minimum atomic E-state index is -4.33. The molecule has 0 spiro atoms. The van der Waals surface area contributed by atoms with Crippen molar-refractivity contribution in [3.05, 3.63) is 41.6 Å². The van der Waals surface area contributed by atoms with E-state index in [4.69, 9.17) is 4.98 Å². The summed E-state index contributed by atoms with van der Waals surface area (Å²) in [6.45, 7) is 10.6. The summed E-state index contributed by atoms with van der Waals surface area (Å²) in [7, 11) is 0. The van der Waals surface area contributed by atoms with Crippen LogP contribution in [0, 0.1) is 5.92 Å². The van der Waals surface area contributed by atoms with Crippen LogP contribution in [0.25, 0.3) is 10.9 Å². The molecule has 1 aromatic heterocycles.